The van der Waals surface area contributed by atoms with E-state index in [-0.39, 0.29) is 24.2 Å². The summed E-state index contributed by atoms with van der Waals surface area (Å²) in [6.07, 6.45) is 1.43. The molecule has 7 heteroatoms. The third kappa shape index (κ3) is 6.13. The van der Waals surface area contributed by atoms with Crippen LogP contribution in [0.15, 0.2) is 71.3 Å². The predicted molar refractivity (Wildman–Crippen MR) is 113 cm³/mol. The first-order chi connectivity index (χ1) is 14.5. The second-order valence-corrected chi connectivity index (χ2v) is 6.72. The van der Waals surface area contributed by atoms with Gasteiger partial charge in [-0.25, -0.2) is 0 Å². The van der Waals surface area contributed by atoms with E-state index in [0.717, 1.165) is 11.3 Å². The standard InChI is InChI=1S/C23H24N2O5/c1-17-8-10-19(11-9-17)28-14-12-25(2)22(26)16-30-20-6-3-5-18(15-20)24-23(27)21-7-4-13-29-21/h3-11,13,15H,12,14,16H2,1-2H3,(H,24,27). The van der Waals surface area contributed by atoms with Gasteiger partial charge < -0.3 is 24.1 Å². The predicted octanol–water partition coefficient (Wildman–Crippen LogP) is 3.76. The van der Waals surface area contributed by atoms with E-state index >= 15 is 0 Å². The molecule has 1 heterocycles. The lowest BCUT2D eigenvalue weighted by Gasteiger charge is -2.18. The van der Waals surface area contributed by atoms with Gasteiger partial charge in [0.2, 0.25) is 0 Å². The average molecular weight is 408 g/mol. The van der Waals surface area contributed by atoms with Crippen molar-refractivity contribution in [1.82, 2.24) is 4.90 Å². The molecule has 0 saturated heterocycles. The molecule has 0 aliphatic heterocycles. The van der Waals surface area contributed by atoms with Crippen molar-refractivity contribution >= 4 is 17.5 Å². The third-order valence-electron chi connectivity index (χ3n) is 4.34. The molecule has 0 unspecified atom stereocenters. The summed E-state index contributed by atoms with van der Waals surface area (Å²) in [6, 6.07) is 17.8. The molecule has 0 aliphatic carbocycles. The van der Waals surface area contributed by atoms with Crippen LogP contribution in [-0.4, -0.2) is 43.5 Å². The number of rotatable bonds is 9. The van der Waals surface area contributed by atoms with Crippen molar-refractivity contribution in [2.75, 3.05) is 32.1 Å². The summed E-state index contributed by atoms with van der Waals surface area (Å²) in [4.78, 5) is 25.9. The summed E-state index contributed by atoms with van der Waals surface area (Å²) < 4.78 is 16.3. The molecular weight excluding hydrogens is 384 g/mol. The van der Waals surface area contributed by atoms with Gasteiger partial charge in [-0.3, -0.25) is 9.59 Å². The van der Waals surface area contributed by atoms with Crippen molar-refractivity contribution in [2.45, 2.75) is 6.92 Å². The lowest BCUT2D eigenvalue weighted by Crippen LogP contribution is -2.34. The van der Waals surface area contributed by atoms with Crippen LogP contribution in [0.4, 0.5) is 5.69 Å². The molecule has 3 aromatic rings. The zero-order valence-electron chi connectivity index (χ0n) is 17.0. The van der Waals surface area contributed by atoms with Crippen LogP contribution in [0.1, 0.15) is 16.1 Å². The molecule has 3 rings (SSSR count). The van der Waals surface area contributed by atoms with Gasteiger partial charge in [-0.15, -0.1) is 0 Å². The van der Waals surface area contributed by atoms with Gasteiger partial charge in [0.15, 0.2) is 12.4 Å². The van der Waals surface area contributed by atoms with E-state index in [4.69, 9.17) is 13.9 Å². The molecule has 0 radical (unpaired) electrons. The number of hydrogen-bond donors (Lipinski definition) is 1. The molecule has 0 spiro atoms. The fraction of sp³-hybridized carbons (Fsp3) is 0.217. The molecule has 1 N–H and O–H groups in total. The van der Waals surface area contributed by atoms with E-state index in [1.807, 2.05) is 31.2 Å². The number of carbonyl (C=O) groups is 2. The summed E-state index contributed by atoms with van der Waals surface area (Å²) in [5.74, 6) is 0.927. The SMILES string of the molecule is Cc1ccc(OCCN(C)C(=O)COc2cccc(NC(=O)c3ccco3)c2)cc1. The highest BCUT2D eigenvalue weighted by molar-refractivity contribution is 6.02. The summed E-state index contributed by atoms with van der Waals surface area (Å²) in [5, 5.41) is 2.72. The number of nitrogens with one attached hydrogen (secondary N) is 1. The van der Waals surface area contributed by atoms with Gasteiger partial charge in [0.1, 0.15) is 18.1 Å². The number of ether oxygens (including phenoxy) is 2. The van der Waals surface area contributed by atoms with E-state index < -0.39 is 0 Å². The molecule has 0 aliphatic rings. The lowest BCUT2D eigenvalue weighted by atomic mass is 10.2. The fourth-order valence-corrected chi connectivity index (χ4v) is 2.58. The van der Waals surface area contributed by atoms with Gasteiger partial charge >= 0.3 is 0 Å². The van der Waals surface area contributed by atoms with Crippen molar-refractivity contribution < 1.29 is 23.5 Å². The van der Waals surface area contributed by atoms with Crippen molar-refractivity contribution in [3.8, 4) is 11.5 Å². The Morgan fingerprint density at radius 1 is 1.00 bits per heavy atom. The lowest BCUT2D eigenvalue weighted by molar-refractivity contribution is -0.132. The molecule has 2 aromatic carbocycles. The average Bonchev–Trinajstić information content (AvgIpc) is 3.29. The number of amides is 2. The normalized spacial score (nSPS) is 10.3. The summed E-state index contributed by atoms with van der Waals surface area (Å²) in [5.41, 5.74) is 1.71. The maximum absolute atomic E-state index is 12.3. The van der Waals surface area contributed by atoms with Gasteiger partial charge in [0.25, 0.3) is 11.8 Å². The Bertz CT molecular complexity index is 968. The van der Waals surface area contributed by atoms with Crippen molar-refractivity contribution in [3.05, 3.63) is 78.3 Å². The van der Waals surface area contributed by atoms with Crippen molar-refractivity contribution in [1.29, 1.82) is 0 Å². The first-order valence-corrected chi connectivity index (χ1v) is 9.52. The van der Waals surface area contributed by atoms with E-state index in [1.165, 1.54) is 6.26 Å². The van der Waals surface area contributed by atoms with Gasteiger partial charge in [-0.05, 0) is 43.3 Å². The number of furan rings is 1. The first kappa shape index (κ1) is 21.0. The van der Waals surface area contributed by atoms with Crippen LogP contribution in [-0.2, 0) is 4.79 Å². The molecule has 0 saturated carbocycles. The molecule has 0 bridgehead atoms. The van der Waals surface area contributed by atoms with Gasteiger partial charge in [0.05, 0.1) is 12.8 Å². The highest BCUT2D eigenvalue weighted by Crippen LogP contribution is 2.18. The molecule has 7 nitrogen and oxygen atoms in total. The number of likely N-dealkylation sites (N-methyl/N-ethyl adjacent to an activating group) is 1. The van der Waals surface area contributed by atoms with Gasteiger partial charge in [-0.2, -0.15) is 0 Å². The van der Waals surface area contributed by atoms with E-state index in [0.29, 0.717) is 24.6 Å². The Balaban J connectivity index is 1.43. The van der Waals surface area contributed by atoms with Crippen LogP contribution >= 0.6 is 0 Å². The first-order valence-electron chi connectivity index (χ1n) is 9.52. The monoisotopic (exact) mass is 408 g/mol. The molecule has 156 valence electrons. The molecule has 2 amide bonds. The van der Waals surface area contributed by atoms with Crippen LogP contribution < -0.4 is 14.8 Å². The van der Waals surface area contributed by atoms with E-state index in [1.54, 1.807) is 48.3 Å². The van der Waals surface area contributed by atoms with E-state index in [2.05, 4.69) is 5.32 Å². The molecular formula is C23H24N2O5. The summed E-state index contributed by atoms with van der Waals surface area (Å²) >= 11 is 0. The maximum Gasteiger partial charge on any atom is 0.291 e. The van der Waals surface area contributed by atoms with Crippen LogP contribution in [0.2, 0.25) is 0 Å². The number of carbonyl (C=O) groups excluding carboxylic acids is 2. The van der Waals surface area contributed by atoms with Gasteiger partial charge in [-0.1, -0.05) is 23.8 Å². The Labute approximate surface area is 175 Å². The van der Waals surface area contributed by atoms with Crippen LogP contribution in [0.5, 0.6) is 11.5 Å². The largest absolute Gasteiger partial charge is 0.492 e. The van der Waals surface area contributed by atoms with Gasteiger partial charge in [0, 0.05) is 18.8 Å². The minimum absolute atomic E-state index is 0.114. The Hall–Kier alpha value is -3.74. The number of anilines is 1. The summed E-state index contributed by atoms with van der Waals surface area (Å²) in [7, 11) is 1.70. The zero-order valence-corrected chi connectivity index (χ0v) is 17.0. The fourth-order valence-electron chi connectivity index (χ4n) is 2.58. The van der Waals surface area contributed by atoms with Crippen LogP contribution in [0, 0.1) is 6.92 Å². The molecule has 0 fully saturated rings. The topological polar surface area (TPSA) is 81.0 Å². The number of aryl methyl sites for hydroxylation is 1. The Morgan fingerprint density at radius 3 is 2.53 bits per heavy atom. The smallest absolute Gasteiger partial charge is 0.291 e. The number of benzene rings is 2. The quantitative estimate of drug-likeness (QED) is 0.583. The second kappa shape index (κ2) is 10.2. The number of nitrogens with zero attached hydrogens (tertiary/aromatic N) is 1. The highest BCUT2D eigenvalue weighted by atomic mass is 16.5. The Kier molecular flexibility index (Phi) is 7.10. The van der Waals surface area contributed by atoms with E-state index in [9.17, 15) is 9.59 Å². The summed E-state index contributed by atoms with van der Waals surface area (Å²) in [6.45, 7) is 2.73. The second-order valence-electron chi connectivity index (χ2n) is 6.72. The molecule has 1 aromatic heterocycles. The Morgan fingerprint density at radius 2 is 1.80 bits per heavy atom. The minimum Gasteiger partial charge on any atom is -0.492 e. The number of hydrogen-bond acceptors (Lipinski definition) is 5. The van der Waals surface area contributed by atoms with Crippen molar-refractivity contribution in [3.63, 3.8) is 0 Å². The molecule has 0 atom stereocenters. The van der Waals surface area contributed by atoms with Crippen molar-refractivity contribution in [2.24, 2.45) is 0 Å². The molecule has 30 heavy (non-hydrogen) atoms. The maximum atomic E-state index is 12.3. The van der Waals surface area contributed by atoms with Crippen LogP contribution in [0.25, 0.3) is 0 Å². The highest BCUT2D eigenvalue weighted by Gasteiger charge is 2.11. The zero-order chi connectivity index (χ0) is 21.3. The third-order valence-corrected chi connectivity index (χ3v) is 4.34. The van der Waals surface area contributed by atoms with Crippen LogP contribution in [0.3, 0.4) is 0 Å². The minimum atomic E-state index is -0.360.